The van der Waals surface area contributed by atoms with Crippen LogP contribution in [0.25, 0.3) is 0 Å². The third-order valence-electron chi connectivity index (χ3n) is 2.33. The maximum absolute atomic E-state index is 11.3. The molecule has 1 heterocycles. The second kappa shape index (κ2) is 5.66. The van der Waals surface area contributed by atoms with Crippen molar-refractivity contribution in [1.82, 2.24) is 9.55 Å². The molecule has 7 heteroatoms. The van der Waals surface area contributed by atoms with Gasteiger partial charge in [0.2, 0.25) is 0 Å². The topological polar surface area (TPSA) is 64.1 Å². The van der Waals surface area contributed by atoms with Crippen LogP contribution in [0.4, 0.5) is 0 Å². The molecule has 0 saturated heterocycles. The average Bonchev–Trinajstić information content (AvgIpc) is 2.19. The van der Waals surface area contributed by atoms with Crippen LogP contribution in [-0.4, -0.2) is 29.2 Å². The van der Waals surface area contributed by atoms with Gasteiger partial charge in [0.15, 0.2) is 0 Å². The Morgan fingerprint density at radius 2 is 2.12 bits per heavy atom. The van der Waals surface area contributed by atoms with Crippen molar-refractivity contribution in [3.63, 3.8) is 0 Å². The Morgan fingerprint density at radius 3 is 2.65 bits per heavy atom. The number of ether oxygens (including phenoxy) is 1. The molecule has 0 fully saturated rings. The molecule has 17 heavy (non-hydrogen) atoms. The minimum absolute atomic E-state index is 0.000892. The molecule has 1 unspecified atom stereocenters. The third-order valence-corrected chi connectivity index (χ3v) is 6.47. The van der Waals surface area contributed by atoms with E-state index in [-0.39, 0.29) is 11.7 Å². The third kappa shape index (κ3) is 4.49. The molecule has 1 rings (SSSR count). The molecule has 0 saturated carbocycles. The fraction of sp³-hybridized carbons (Fsp3) is 0.600. The number of H-pyrrole nitrogens is 1. The summed E-state index contributed by atoms with van der Waals surface area (Å²) in [7, 11) is -1.43. The summed E-state index contributed by atoms with van der Waals surface area (Å²) < 4.78 is 6.66. The van der Waals surface area contributed by atoms with Gasteiger partial charge in [0.1, 0.15) is 6.73 Å². The molecular weight excluding hydrogens is 260 g/mol. The molecule has 1 aromatic heterocycles. The summed E-state index contributed by atoms with van der Waals surface area (Å²) in [6.45, 7) is 6.97. The number of aromatic nitrogens is 2. The number of rotatable bonds is 5. The van der Waals surface area contributed by atoms with E-state index in [0.29, 0.717) is 6.61 Å². The smallest absolute Gasteiger partial charge is 0.330 e. The van der Waals surface area contributed by atoms with Crippen molar-refractivity contribution in [2.75, 3.05) is 6.61 Å². The van der Waals surface area contributed by atoms with Crippen LogP contribution in [0.5, 0.6) is 0 Å². The molecule has 0 aliphatic heterocycles. The number of nitrogens with zero attached hydrogens (tertiary/aromatic N) is 1. The summed E-state index contributed by atoms with van der Waals surface area (Å²) in [5, 5.41) is 0.000892. The van der Waals surface area contributed by atoms with Gasteiger partial charge in [-0.1, -0.05) is 19.6 Å². The van der Waals surface area contributed by atoms with Crippen molar-refractivity contribution in [1.29, 1.82) is 0 Å². The fourth-order valence-electron chi connectivity index (χ4n) is 1.05. The van der Waals surface area contributed by atoms with Crippen LogP contribution in [-0.2, 0) is 11.5 Å². The zero-order chi connectivity index (χ0) is 13.1. The first kappa shape index (κ1) is 14.2. The van der Waals surface area contributed by atoms with Crippen LogP contribution in [0.15, 0.2) is 21.9 Å². The Labute approximate surface area is 105 Å². The molecule has 1 N–H and O–H groups in total. The monoisotopic (exact) mass is 276 g/mol. The average molecular weight is 277 g/mol. The minimum atomic E-state index is -1.43. The van der Waals surface area contributed by atoms with Gasteiger partial charge >= 0.3 is 5.69 Å². The van der Waals surface area contributed by atoms with Crippen LogP contribution in [0.1, 0.15) is 0 Å². The van der Waals surface area contributed by atoms with Crippen molar-refractivity contribution in [3.05, 3.63) is 33.1 Å². The SMILES string of the molecule is C[Si](C)(C)C(Cl)COCn1ccc(=O)[nH]c1=O. The summed E-state index contributed by atoms with van der Waals surface area (Å²) in [5.41, 5.74) is -0.889. The van der Waals surface area contributed by atoms with Gasteiger partial charge in [0, 0.05) is 17.3 Å². The van der Waals surface area contributed by atoms with E-state index in [4.69, 9.17) is 16.3 Å². The van der Waals surface area contributed by atoms with Crippen LogP contribution < -0.4 is 11.2 Å². The minimum Gasteiger partial charge on any atom is -0.359 e. The lowest BCUT2D eigenvalue weighted by Gasteiger charge is -2.22. The largest absolute Gasteiger partial charge is 0.359 e. The van der Waals surface area contributed by atoms with Crippen molar-refractivity contribution in [2.24, 2.45) is 0 Å². The van der Waals surface area contributed by atoms with E-state index in [1.54, 1.807) is 0 Å². The highest BCUT2D eigenvalue weighted by Gasteiger charge is 2.24. The number of halogens is 1. The molecule has 0 amide bonds. The molecule has 1 aromatic rings. The van der Waals surface area contributed by atoms with Gasteiger partial charge in [-0.25, -0.2) is 4.79 Å². The fourth-order valence-corrected chi connectivity index (χ4v) is 1.76. The van der Waals surface area contributed by atoms with E-state index >= 15 is 0 Å². The van der Waals surface area contributed by atoms with Gasteiger partial charge in [-0.05, 0) is 0 Å². The van der Waals surface area contributed by atoms with Gasteiger partial charge < -0.3 is 4.74 Å². The predicted molar refractivity (Wildman–Crippen MR) is 70.3 cm³/mol. The molecule has 5 nitrogen and oxygen atoms in total. The van der Waals surface area contributed by atoms with Crippen LogP contribution in [0.2, 0.25) is 19.6 Å². The summed E-state index contributed by atoms with van der Waals surface area (Å²) in [6, 6.07) is 1.28. The molecule has 0 aliphatic carbocycles. The van der Waals surface area contributed by atoms with Crippen LogP contribution >= 0.6 is 11.6 Å². The zero-order valence-corrected chi connectivity index (χ0v) is 12.0. The number of hydrogen-bond acceptors (Lipinski definition) is 3. The van der Waals surface area contributed by atoms with Crippen LogP contribution in [0.3, 0.4) is 0 Å². The number of hydrogen-bond donors (Lipinski definition) is 1. The van der Waals surface area contributed by atoms with Crippen LogP contribution in [0, 0.1) is 0 Å². The van der Waals surface area contributed by atoms with Crippen molar-refractivity contribution in [2.45, 2.75) is 31.4 Å². The molecule has 0 aliphatic rings. The van der Waals surface area contributed by atoms with E-state index in [2.05, 4.69) is 24.6 Å². The first-order valence-corrected chi connectivity index (χ1v) is 9.33. The van der Waals surface area contributed by atoms with Gasteiger partial charge in [0.05, 0.1) is 14.7 Å². The highest BCUT2D eigenvalue weighted by molar-refractivity contribution is 6.83. The lowest BCUT2D eigenvalue weighted by atomic mass is 10.6. The molecular formula is C10H17ClN2O3Si. The summed E-state index contributed by atoms with van der Waals surface area (Å²) in [4.78, 5) is 24.3. The van der Waals surface area contributed by atoms with Gasteiger partial charge in [-0.3, -0.25) is 14.3 Å². The Kier molecular flexibility index (Phi) is 4.73. The summed E-state index contributed by atoms with van der Waals surface area (Å²) in [6.07, 6.45) is 1.40. The summed E-state index contributed by atoms with van der Waals surface area (Å²) in [5.74, 6) is 0. The maximum atomic E-state index is 11.3. The first-order valence-electron chi connectivity index (χ1n) is 5.32. The van der Waals surface area contributed by atoms with E-state index in [9.17, 15) is 9.59 Å². The second-order valence-electron chi connectivity index (χ2n) is 4.91. The molecule has 96 valence electrons. The Balaban J connectivity index is 2.52. The Bertz CT molecular complexity index is 477. The Hall–Kier alpha value is -0.853. The van der Waals surface area contributed by atoms with E-state index in [0.717, 1.165) is 0 Å². The lowest BCUT2D eigenvalue weighted by Crippen LogP contribution is -2.38. The second-order valence-corrected chi connectivity index (χ2v) is 11.2. The normalized spacial score (nSPS) is 13.6. The lowest BCUT2D eigenvalue weighted by molar-refractivity contribution is 0.0807. The number of aromatic amines is 1. The van der Waals surface area contributed by atoms with Crippen molar-refractivity contribution >= 4 is 19.7 Å². The first-order chi connectivity index (χ1) is 7.80. The highest BCUT2D eigenvalue weighted by Crippen LogP contribution is 2.14. The maximum Gasteiger partial charge on any atom is 0.330 e. The molecule has 1 atom stereocenters. The molecule has 0 bridgehead atoms. The van der Waals surface area contributed by atoms with Gasteiger partial charge in [0.25, 0.3) is 5.56 Å². The van der Waals surface area contributed by atoms with Crippen molar-refractivity contribution in [3.8, 4) is 0 Å². The highest BCUT2D eigenvalue weighted by atomic mass is 35.5. The zero-order valence-electron chi connectivity index (χ0n) is 10.2. The molecule has 0 spiro atoms. The van der Waals surface area contributed by atoms with E-state index in [1.807, 2.05) is 0 Å². The number of alkyl halides is 1. The van der Waals surface area contributed by atoms with E-state index < -0.39 is 19.3 Å². The van der Waals surface area contributed by atoms with Gasteiger partial charge in [-0.2, -0.15) is 0 Å². The Morgan fingerprint density at radius 1 is 1.47 bits per heavy atom. The summed E-state index contributed by atoms with van der Waals surface area (Å²) >= 11 is 6.18. The standard InChI is InChI=1S/C10H17ClN2O3Si/c1-17(2,3)8(11)6-16-7-13-5-4-9(14)12-10(13)15/h4-5,8H,6-7H2,1-3H3,(H,12,14,15). The quantitative estimate of drug-likeness (QED) is 0.644. The predicted octanol–water partition coefficient (Wildman–Crippen LogP) is 0.996. The van der Waals surface area contributed by atoms with E-state index in [1.165, 1.54) is 16.8 Å². The molecule has 0 radical (unpaired) electrons. The van der Waals surface area contributed by atoms with Crippen molar-refractivity contribution < 1.29 is 4.74 Å². The van der Waals surface area contributed by atoms with Gasteiger partial charge in [-0.15, -0.1) is 11.6 Å². The molecule has 0 aromatic carbocycles. The number of nitrogens with one attached hydrogen (secondary N) is 1.